The van der Waals surface area contributed by atoms with Gasteiger partial charge in [-0.3, -0.25) is 4.79 Å². The summed E-state index contributed by atoms with van der Waals surface area (Å²) in [4.78, 5) is 13.5. The van der Waals surface area contributed by atoms with Gasteiger partial charge in [-0.05, 0) is 23.3 Å². The second-order valence-corrected chi connectivity index (χ2v) is 5.87. The summed E-state index contributed by atoms with van der Waals surface area (Å²) in [5.41, 5.74) is 2.55. The van der Waals surface area contributed by atoms with Crippen molar-refractivity contribution in [1.82, 2.24) is 0 Å². The molecule has 3 aromatic carbocycles. The van der Waals surface area contributed by atoms with Crippen LogP contribution in [0.5, 0.6) is 0 Å². The normalized spacial score (nSPS) is 11.5. The summed E-state index contributed by atoms with van der Waals surface area (Å²) < 4.78 is 0. The summed E-state index contributed by atoms with van der Waals surface area (Å²) in [6.45, 7) is 0. The molecule has 0 saturated heterocycles. The van der Waals surface area contributed by atoms with E-state index in [1.807, 2.05) is 91.0 Å². The van der Waals surface area contributed by atoms with Crippen LogP contribution in [-0.4, -0.2) is 10.8 Å². The van der Waals surface area contributed by atoms with Crippen LogP contribution in [0.2, 0.25) is 0 Å². The van der Waals surface area contributed by atoms with Gasteiger partial charge in [-0.2, -0.15) is 0 Å². The number of benzene rings is 3. The Bertz CT molecular complexity index is 816. The molecule has 3 aromatic rings. The molecule has 0 saturated carbocycles. The third-order valence-electron chi connectivity index (χ3n) is 3.76. The van der Waals surface area contributed by atoms with E-state index in [9.17, 15) is 4.79 Å². The molecule has 0 aliphatic heterocycles. The minimum Gasteiger partial charge on any atom is -0.325 e. The van der Waals surface area contributed by atoms with E-state index in [2.05, 4.69) is 5.32 Å². The molecular weight excluding hydrogens is 314 g/mol. The van der Waals surface area contributed by atoms with Crippen LogP contribution in [0.3, 0.4) is 0 Å². The maximum Gasteiger partial charge on any atom is 0.237 e. The number of amides is 1. The van der Waals surface area contributed by atoms with Crippen LogP contribution in [0, 0.1) is 0 Å². The highest BCUT2D eigenvalue weighted by atomic mass is 32.1. The zero-order chi connectivity index (χ0) is 16.8. The summed E-state index contributed by atoms with van der Waals surface area (Å²) in [7, 11) is 0. The lowest BCUT2D eigenvalue weighted by Gasteiger charge is -2.19. The lowest BCUT2D eigenvalue weighted by molar-refractivity contribution is -0.116. The topological polar surface area (TPSA) is 29.1 Å². The molecule has 1 N–H and O–H groups in total. The van der Waals surface area contributed by atoms with Gasteiger partial charge in [0.1, 0.15) is 0 Å². The molecule has 1 amide bonds. The first-order chi connectivity index (χ1) is 11.8. The van der Waals surface area contributed by atoms with Gasteiger partial charge >= 0.3 is 0 Å². The fourth-order valence-corrected chi connectivity index (χ4v) is 2.95. The zero-order valence-corrected chi connectivity index (χ0v) is 13.9. The van der Waals surface area contributed by atoms with E-state index < -0.39 is 5.92 Å². The molecule has 0 bridgehead atoms. The first-order valence-electron chi connectivity index (χ1n) is 7.76. The van der Waals surface area contributed by atoms with Crippen LogP contribution in [0.25, 0.3) is 0 Å². The van der Waals surface area contributed by atoms with Crippen LogP contribution >= 0.6 is 12.2 Å². The summed E-state index contributed by atoms with van der Waals surface area (Å²) in [5, 5.41) is 2.96. The minimum absolute atomic E-state index is 0.124. The Balaban J connectivity index is 1.93. The van der Waals surface area contributed by atoms with Gasteiger partial charge in [0.2, 0.25) is 5.91 Å². The number of hydrogen-bond donors (Lipinski definition) is 1. The molecular formula is C21H17NOS. The Morgan fingerprint density at radius 2 is 1.25 bits per heavy atom. The SMILES string of the molecule is O=C(Nc1ccccc1)C(C(=S)c1ccccc1)c1ccccc1. The van der Waals surface area contributed by atoms with Crippen LogP contribution in [0.15, 0.2) is 91.0 Å². The molecule has 0 heterocycles. The number of nitrogens with one attached hydrogen (secondary N) is 1. The quantitative estimate of drug-likeness (QED) is 0.536. The molecule has 1 atom stereocenters. The van der Waals surface area contributed by atoms with Gasteiger partial charge in [-0.25, -0.2) is 0 Å². The van der Waals surface area contributed by atoms with Gasteiger partial charge in [0, 0.05) is 10.6 Å². The van der Waals surface area contributed by atoms with Crippen molar-refractivity contribution in [3.8, 4) is 0 Å². The van der Waals surface area contributed by atoms with Crippen LogP contribution < -0.4 is 5.32 Å². The van der Waals surface area contributed by atoms with E-state index in [0.29, 0.717) is 4.86 Å². The number of para-hydroxylation sites is 1. The second-order valence-electron chi connectivity index (χ2n) is 5.43. The van der Waals surface area contributed by atoms with Crippen molar-refractivity contribution in [2.45, 2.75) is 5.92 Å². The Morgan fingerprint density at radius 1 is 0.750 bits per heavy atom. The molecule has 0 radical (unpaired) electrons. The number of carbonyl (C=O) groups excluding carboxylic acids is 1. The lowest BCUT2D eigenvalue weighted by Crippen LogP contribution is -2.27. The zero-order valence-electron chi connectivity index (χ0n) is 13.1. The molecule has 24 heavy (non-hydrogen) atoms. The molecule has 0 aromatic heterocycles. The van der Waals surface area contributed by atoms with Crippen molar-refractivity contribution >= 4 is 28.7 Å². The summed E-state index contributed by atoms with van der Waals surface area (Å²) in [6.07, 6.45) is 0. The first-order valence-corrected chi connectivity index (χ1v) is 8.16. The van der Waals surface area contributed by atoms with E-state index in [-0.39, 0.29) is 5.91 Å². The smallest absolute Gasteiger partial charge is 0.237 e. The Labute approximate surface area is 147 Å². The number of carbonyl (C=O) groups is 1. The monoisotopic (exact) mass is 331 g/mol. The van der Waals surface area contributed by atoms with Crippen LogP contribution in [0.4, 0.5) is 5.69 Å². The molecule has 0 aliphatic rings. The first kappa shape index (κ1) is 16.1. The van der Waals surface area contributed by atoms with E-state index in [1.165, 1.54) is 0 Å². The molecule has 0 aliphatic carbocycles. The van der Waals surface area contributed by atoms with Crippen LogP contribution in [0.1, 0.15) is 17.0 Å². The Kier molecular flexibility index (Phi) is 5.14. The van der Waals surface area contributed by atoms with Gasteiger partial charge in [0.05, 0.1) is 5.92 Å². The number of anilines is 1. The number of rotatable bonds is 5. The molecule has 3 heteroatoms. The molecule has 0 spiro atoms. The summed E-state index contributed by atoms with van der Waals surface area (Å²) >= 11 is 5.66. The number of hydrogen-bond acceptors (Lipinski definition) is 2. The van der Waals surface area contributed by atoms with Crippen molar-refractivity contribution in [1.29, 1.82) is 0 Å². The van der Waals surface area contributed by atoms with Gasteiger partial charge < -0.3 is 5.32 Å². The Hall–Kier alpha value is -2.78. The van der Waals surface area contributed by atoms with Crippen molar-refractivity contribution in [2.75, 3.05) is 5.32 Å². The predicted molar refractivity (Wildman–Crippen MR) is 102 cm³/mol. The molecule has 3 rings (SSSR count). The minimum atomic E-state index is -0.510. The second kappa shape index (κ2) is 7.66. The van der Waals surface area contributed by atoms with Crippen molar-refractivity contribution in [2.24, 2.45) is 0 Å². The summed E-state index contributed by atoms with van der Waals surface area (Å²) in [6, 6.07) is 28.8. The van der Waals surface area contributed by atoms with Gasteiger partial charge in [0.25, 0.3) is 0 Å². The van der Waals surface area contributed by atoms with Crippen molar-refractivity contribution < 1.29 is 4.79 Å². The van der Waals surface area contributed by atoms with E-state index in [4.69, 9.17) is 12.2 Å². The highest BCUT2D eigenvalue weighted by Gasteiger charge is 2.26. The van der Waals surface area contributed by atoms with E-state index >= 15 is 0 Å². The molecule has 0 fully saturated rings. The fraction of sp³-hybridized carbons (Fsp3) is 0.0476. The average Bonchev–Trinajstić information content (AvgIpc) is 2.64. The summed E-state index contributed by atoms with van der Waals surface area (Å²) in [5.74, 6) is -0.634. The third kappa shape index (κ3) is 3.76. The van der Waals surface area contributed by atoms with Crippen molar-refractivity contribution in [3.05, 3.63) is 102 Å². The average molecular weight is 331 g/mol. The van der Waals surface area contributed by atoms with Gasteiger partial charge in [0.15, 0.2) is 0 Å². The lowest BCUT2D eigenvalue weighted by atomic mass is 9.90. The molecule has 118 valence electrons. The van der Waals surface area contributed by atoms with Gasteiger partial charge in [-0.1, -0.05) is 91.1 Å². The fourth-order valence-electron chi connectivity index (χ4n) is 2.57. The molecule has 1 unspecified atom stereocenters. The largest absolute Gasteiger partial charge is 0.325 e. The highest BCUT2D eigenvalue weighted by molar-refractivity contribution is 7.81. The molecule has 2 nitrogen and oxygen atoms in total. The van der Waals surface area contributed by atoms with E-state index in [1.54, 1.807) is 0 Å². The van der Waals surface area contributed by atoms with Crippen molar-refractivity contribution in [3.63, 3.8) is 0 Å². The van der Waals surface area contributed by atoms with Gasteiger partial charge in [-0.15, -0.1) is 0 Å². The standard InChI is InChI=1S/C21H17NOS/c23-21(22-18-14-8-3-9-15-18)19(16-10-4-1-5-11-16)20(24)17-12-6-2-7-13-17/h1-15,19H,(H,22,23). The third-order valence-corrected chi connectivity index (χ3v) is 4.23. The number of thiocarbonyl (C=S) groups is 1. The maximum atomic E-state index is 12.9. The highest BCUT2D eigenvalue weighted by Crippen LogP contribution is 2.24. The Morgan fingerprint density at radius 3 is 1.83 bits per heavy atom. The van der Waals surface area contributed by atoms with E-state index in [0.717, 1.165) is 16.8 Å². The maximum absolute atomic E-state index is 12.9. The predicted octanol–water partition coefficient (Wildman–Crippen LogP) is 4.83. The van der Waals surface area contributed by atoms with Crippen LogP contribution in [-0.2, 0) is 4.79 Å².